The fraction of sp³-hybridized carbons (Fsp3) is 0.100. The molecule has 1 amide bonds. The van der Waals surface area contributed by atoms with Crippen molar-refractivity contribution >= 4 is 28.0 Å². The van der Waals surface area contributed by atoms with Crippen LogP contribution in [0.15, 0.2) is 66.2 Å². The molecule has 4 aromatic rings. The molecule has 0 aliphatic rings. The number of nitrogens with zero attached hydrogens (tertiary/aromatic N) is 2. The van der Waals surface area contributed by atoms with Crippen LogP contribution >= 0.6 is 11.3 Å². The number of thiazole rings is 1. The second kappa shape index (κ2) is 7.51. The van der Waals surface area contributed by atoms with Gasteiger partial charge in [-0.1, -0.05) is 30.3 Å². The summed E-state index contributed by atoms with van der Waals surface area (Å²) in [5, 5.41) is 4.86. The lowest BCUT2D eigenvalue weighted by atomic mass is 10.1. The first kappa shape index (κ1) is 17.1. The van der Waals surface area contributed by atoms with E-state index in [1.807, 2.05) is 46.3 Å². The van der Waals surface area contributed by atoms with Crippen molar-refractivity contribution in [2.45, 2.75) is 0 Å². The summed E-state index contributed by atoms with van der Waals surface area (Å²) in [6.07, 6.45) is 1.89. The lowest BCUT2D eigenvalue weighted by molar-refractivity contribution is -0.118. The summed E-state index contributed by atoms with van der Waals surface area (Å²) >= 11 is 1.52. The molecular weight excluding hydrogens is 362 g/mol. The molecule has 2 heterocycles. The Bertz CT molecular complexity index is 1060. The number of hydrogen-bond acceptors (Lipinski definition) is 5. The molecule has 0 fully saturated rings. The molecule has 0 radical (unpaired) electrons. The van der Waals surface area contributed by atoms with Crippen LogP contribution in [0.4, 0.5) is 5.82 Å². The molecule has 0 saturated carbocycles. The Labute approximate surface area is 160 Å². The number of amides is 1. The number of nitrogens with one attached hydrogen (secondary N) is 1. The van der Waals surface area contributed by atoms with Gasteiger partial charge in [-0.2, -0.15) is 0 Å². The molecule has 136 valence electrons. The molecule has 4 rings (SSSR count). The first-order valence-corrected chi connectivity index (χ1v) is 9.20. The highest BCUT2D eigenvalue weighted by Gasteiger charge is 2.17. The van der Waals surface area contributed by atoms with E-state index in [1.54, 1.807) is 31.4 Å². The quantitative estimate of drug-likeness (QED) is 0.548. The topological polar surface area (TPSA) is 64.9 Å². The molecule has 1 N–H and O–H groups in total. The molecule has 6 nitrogen and oxygen atoms in total. The highest BCUT2D eigenvalue weighted by atomic mass is 32.1. The largest absolute Gasteiger partial charge is 0.497 e. The summed E-state index contributed by atoms with van der Waals surface area (Å²) in [5.74, 6) is 1.72. The van der Waals surface area contributed by atoms with Gasteiger partial charge in [0.2, 0.25) is 0 Å². The molecule has 2 aromatic heterocycles. The van der Waals surface area contributed by atoms with Gasteiger partial charge in [0, 0.05) is 17.1 Å². The fourth-order valence-electron chi connectivity index (χ4n) is 2.69. The average Bonchev–Trinajstić information content (AvgIpc) is 3.30. The summed E-state index contributed by atoms with van der Waals surface area (Å²) in [6.45, 7) is -0.0993. The van der Waals surface area contributed by atoms with E-state index < -0.39 is 0 Å². The minimum absolute atomic E-state index is 0.0993. The van der Waals surface area contributed by atoms with Gasteiger partial charge in [0.1, 0.15) is 23.0 Å². The van der Waals surface area contributed by atoms with Crippen LogP contribution in [0.3, 0.4) is 0 Å². The van der Waals surface area contributed by atoms with Crippen LogP contribution in [0.5, 0.6) is 11.5 Å². The number of anilines is 1. The maximum atomic E-state index is 12.5. The van der Waals surface area contributed by atoms with Gasteiger partial charge < -0.3 is 14.8 Å². The van der Waals surface area contributed by atoms with Crippen molar-refractivity contribution in [2.75, 3.05) is 19.0 Å². The summed E-state index contributed by atoms with van der Waals surface area (Å²) in [7, 11) is 1.60. The van der Waals surface area contributed by atoms with Crippen molar-refractivity contribution in [1.82, 2.24) is 9.38 Å². The van der Waals surface area contributed by atoms with Gasteiger partial charge >= 0.3 is 0 Å². The third-order valence-corrected chi connectivity index (χ3v) is 4.75. The van der Waals surface area contributed by atoms with Crippen molar-refractivity contribution in [1.29, 1.82) is 0 Å². The molecule has 0 bridgehead atoms. The maximum Gasteiger partial charge on any atom is 0.263 e. The Morgan fingerprint density at radius 2 is 1.85 bits per heavy atom. The highest BCUT2D eigenvalue weighted by molar-refractivity contribution is 7.15. The minimum Gasteiger partial charge on any atom is -0.497 e. The Kier molecular flexibility index (Phi) is 4.76. The van der Waals surface area contributed by atoms with Gasteiger partial charge in [0.25, 0.3) is 5.91 Å². The number of methoxy groups -OCH3 is 1. The lowest BCUT2D eigenvalue weighted by Crippen LogP contribution is -2.21. The van der Waals surface area contributed by atoms with Gasteiger partial charge in [0.15, 0.2) is 11.6 Å². The van der Waals surface area contributed by atoms with Crippen molar-refractivity contribution in [2.24, 2.45) is 0 Å². The third kappa shape index (κ3) is 3.63. The van der Waals surface area contributed by atoms with Crippen LogP contribution in [-0.2, 0) is 4.79 Å². The second-order valence-corrected chi connectivity index (χ2v) is 6.62. The summed E-state index contributed by atoms with van der Waals surface area (Å²) in [4.78, 5) is 17.9. The van der Waals surface area contributed by atoms with Crippen molar-refractivity contribution in [3.63, 3.8) is 0 Å². The maximum absolute atomic E-state index is 12.5. The Morgan fingerprint density at radius 3 is 2.59 bits per heavy atom. The molecule has 27 heavy (non-hydrogen) atoms. The number of aromatic nitrogens is 2. The predicted molar refractivity (Wildman–Crippen MR) is 106 cm³/mol. The fourth-order valence-corrected chi connectivity index (χ4v) is 3.41. The van der Waals surface area contributed by atoms with Gasteiger partial charge in [-0.3, -0.25) is 9.20 Å². The predicted octanol–water partition coefficient (Wildman–Crippen LogP) is 4.09. The molecule has 7 heteroatoms. The number of carbonyl (C=O) groups excluding carboxylic acids is 1. The first-order chi connectivity index (χ1) is 13.2. The smallest absolute Gasteiger partial charge is 0.263 e. The SMILES string of the molecule is COc1ccc(OCC(=O)Nc2c(-c3ccccc3)nc3sccn23)cc1. The molecule has 0 aliphatic heterocycles. The van der Waals surface area contributed by atoms with Crippen molar-refractivity contribution < 1.29 is 14.3 Å². The van der Waals surface area contributed by atoms with Crippen LogP contribution in [0.1, 0.15) is 0 Å². The number of rotatable bonds is 6. The van der Waals surface area contributed by atoms with Crippen molar-refractivity contribution in [3.05, 3.63) is 66.2 Å². The van der Waals surface area contributed by atoms with Crippen LogP contribution in [-0.4, -0.2) is 29.0 Å². The van der Waals surface area contributed by atoms with E-state index in [2.05, 4.69) is 10.3 Å². The Morgan fingerprint density at radius 1 is 1.11 bits per heavy atom. The highest BCUT2D eigenvalue weighted by Crippen LogP contribution is 2.30. The average molecular weight is 379 g/mol. The Balaban J connectivity index is 1.52. The number of carbonyl (C=O) groups is 1. The molecule has 0 unspecified atom stereocenters. The molecule has 0 aliphatic carbocycles. The number of ether oxygens (including phenoxy) is 2. The normalized spacial score (nSPS) is 10.7. The number of benzene rings is 2. The van der Waals surface area contributed by atoms with Crippen LogP contribution < -0.4 is 14.8 Å². The summed E-state index contributed by atoms with van der Waals surface area (Å²) < 4.78 is 12.5. The number of hydrogen-bond donors (Lipinski definition) is 1. The van der Waals surface area contributed by atoms with E-state index in [-0.39, 0.29) is 12.5 Å². The van der Waals surface area contributed by atoms with Crippen molar-refractivity contribution in [3.8, 4) is 22.8 Å². The Hall–Kier alpha value is -3.32. The van der Waals surface area contributed by atoms with Gasteiger partial charge in [-0.05, 0) is 24.3 Å². The van der Waals surface area contributed by atoms with E-state index in [1.165, 1.54) is 11.3 Å². The summed E-state index contributed by atoms with van der Waals surface area (Å²) in [5.41, 5.74) is 1.68. The molecule has 2 aromatic carbocycles. The minimum atomic E-state index is -0.254. The first-order valence-electron chi connectivity index (χ1n) is 8.32. The van der Waals surface area contributed by atoms with E-state index >= 15 is 0 Å². The zero-order valence-electron chi connectivity index (χ0n) is 14.6. The van der Waals surface area contributed by atoms with Gasteiger partial charge in [-0.15, -0.1) is 11.3 Å². The molecule has 0 atom stereocenters. The van der Waals surface area contributed by atoms with Gasteiger partial charge in [-0.25, -0.2) is 4.98 Å². The van der Waals surface area contributed by atoms with E-state index in [0.29, 0.717) is 11.6 Å². The molecule has 0 spiro atoms. The standard InChI is InChI=1S/C20H17N3O3S/c1-25-15-7-9-16(10-8-15)26-13-17(24)21-19-18(14-5-3-2-4-6-14)22-20-23(19)11-12-27-20/h2-12H,13H2,1H3,(H,21,24). The lowest BCUT2D eigenvalue weighted by Gasteiger charge is -2.09. The molecule has 0 saturated heterocycles. The van der Waals surface area contributed by atoms with E-state index in [0.717, 1.165) is 22.0 Å². The molecular formula is C20H17N3O3S. The van der Waals surface area contributed by atoms with Crippen LogP contribution in [0.25, 0.3) is 16.2 Å². The van der Waals surface area contributed by atoms with Gasteiger partial charge in [0.05, 0.1) is 7.11 Å². The van der Waals surface area contributed by atoms with E-state index in [9.17, 15) is 4.79 Å². The second-order valence-electron chi connectivity index (χ2n) is 5.74. The van der Waals surface area contributed by atoms with Crippen LogP contribution in [0, 0.1) is 0 Å². The number of fused-ring (bicyclic) bond motifs is 1. The van der Waals surface area contributed by atoms with Crippen LogP contribution in [0.2, 0.25) is 0 Å². The summed E-state index contributed by atoms with van der Waals surface area (Å²) in [6, 6.07) is 16.9. The van der Waals surface area contributed by atoms with E-state index in [4.69, 9.17) is 9.47 Å². The third-order valence-electron chi connectivity index (χ3n) is 4.00. The number of imidazole rings is 1. The zero-order chi connectivity index (χ0) is 18.6. The monoisotopic (exact) mass is 379 g/mol. The zero-order valence-corrected chi connectivity index (χ0v) is 15.4.